The number of para-hydroxylation sites is 2. The van der Waals surface area contributed by atoms with Gasteiger partial charge in [-0.2, -0.15) is 0 Å². The number of imide groups is 1. The van der Waals surface area contributed by atoms with Gasteiger partial charge in [0.2, 0.25) is 23.6 Å². The minimum atomic E-state index is -1.12. The average molecular weight is 502 g/mol. The second-order valence-electron chi connectivity index (χ2n) is 8.82. The first kappa shape index (κ1) is 23.9. The monoisotopic (exact) mass is 502 g/mol. The van der Waals surface area contributed by atoms with Crippen molar-refractivity contribution < 1.29 is 24.0 Å². The number of piperidine rings is 1. The highest BCUT2D eigenvalue weighted by Gasteiger charge is 2.32. The molecule has 0 spiro atoms. The van der Waals surface area contributed by atoms with Crippen molar-refractivity contribution in [2.75, 3.05) is 10.6 Å². The van der Waals surface area contributed by atoms with Gasteiger partial charge in [-0.3, -0.25) is 38.7 Å². The van der Waals surface area contributed by atoms with E-state index in [2.05, 4.69) is 26.3 Å². The Kier molecular flexibility index (Phi) is 5.99. The predicted molar refractivity (Wildman–Crippen MR) is 132 cm³/mol. The third-order valence-corrected chi connectivity index (χ3v) is 6.34. The Bertz CT molecular complexity index is 1560. The summed E-state index contributed by atoms with van der Waals surface area (Å²) < 4.78 is 1.25. The third kappa shape index (κ3) is 4.44. The van der Waals surface area contributed by atoms with Crippen molar-refractivity contribution in [2.45, 2.75) is 38.3 Å². The molecule has 4 N–H and O–H groups in total. The molecule has 1 aromatic heterocycles. The van der Waals surface area contributed by atoms with Gasteiger partial charge >= 0.3 is 0 Å². The van der Waals surface area contributed by atoms with E-state index in [1.807, 2.05) is 0 Å². The van der Waals surface area contributed by atoms with Gasteiger partial charge in [-0.05, 0) is 37.6 Å². The molecular weight excluding hydrogens is 480 g/mol. The van der Waals surface area contributed by atoms with E-state index in [0.29, 0.717) is 11.3 Å². The number of hydrogen-bond acceptors (Lipinski definition) is 7. The smallest absolute Gasteiger partial charge is 0.262 e. The molecule has 3 aromatic rings. The Labute approximate surface area is 209 Å². The molecule has 12 nitrogen and oxygen atoms in total. The van der Waals surface area contributed by atoms with Crippen LogP contribution >= 0.6 is 0 Å². The Morgan fingerprint density at radius 2 is 1.81 bits per heavy atom. The van der Waals surface area contributed by atoms with Crippen molar-refractivity contribution in [1.82, 2.24) is 20.2 Å². The van der Waals surface area contributed by atoms with E-state index in [1.54, 1.807) is 43.3 Å². The summed E-state index contributed by atoms with van der Waals surface area (Å²) in [6.45, 7) is 1.56. The standard InChI is InChI=1S/C25H22N6O6/c1-12-26-21-14(25(37)31(12)18-9-10-19(32)30-24(18)36)6-4-8-16(21)27-20(33)11-17-23(35)28-15-7-3-2-5-13(15)22(34)29-17/h2-8,17-18H,9-11H2,1H3,(H,27,33)(H,28,35)(H,29,34)(H,30,32,36)/t17-,18?/m0/s1. The lowest BCUT2D eigenvalue weighted by Crippen LogP contribution is -2.45. The number of aryl methyl sites for hydroxylation is 1. The summed E-state index contributed by atoms with van der Waals surface area (Å²) in [4.78, 5) is 79.7. The Hall–Kier alpha value is -4.87. The van der Waals surface area contributed by atoms with E-state index in [-0.39, 0.29) is 41.7 Å². The van der Waals surface area contributed by atoms with Crippen LogP contribution in [-0.4, -0.2) is 45.1 Å². The molecule has 2 atom stereocenters. The second-order valence-corrected chi connectivity index (χ2v) is 8.82. The summed E-state index contributed by atoms with van der Waals surface area (Å²) in [6.07, 6.45) is -0.0743. The van der Waals surface area contributed by atoms with Gasteiger partial charge in [0.25, 0.3) is 11.5 Å². The number of aromatic nitrogens is 2. The number of carbonyl (C=O) groups is 5. The zero-order valence-electron chi connectivity index (χ0n) is 19.7. The number of benzene rings is 2. The van der Waals surface area contributed by atoms with Crippen LogP contribution in [0.4, 0.5) is 11.4 Å². The van der Waals surface area contributed by atoms with E-state index in [4.69, 9.17) is 0 Å². The fraction of sp³-hybridized carbons (Fsp3) is 0.240. The predicted octanol–water partition coefficient (Wildman–Crippen LogP) is 0.762. The van der Waals surface area contributed by atoms with Gasteiger partial charge in [-0.15, -0.1) is 0 Å². The number of anilines is 2. The van der Waals surface area contributed by atoms with Gasteiger partial charge in [-0.25, -0.2) is 4.98 Å². The topological polar surface area (TPSA) is 168 Å². The summed E-state index contributed by atoms with van der Waals surface area (Å²) in [7, 11) is 0. The van der Waals surface area contributed by atoms with Gasteiger partial charge in [0, 0.05) is 6.42 Å². The van der Waals surface area contributed by atoms with Gasteiger partial charge < -0.3 is 16.0 Å². The normalized spacial score (nSPS) is 19.4. The van der Waals surface area contributed by atoms with E-state index < -0.39 is 47.2 Å². The van der Waals surface area contributed by atoms with Crippen molar-refractivity contribution in [2.24, 2.45) is 0 Å². The maximum atomic E-state index is 13.3. The van der Waals surface area contributed by atoms with Crippen LogP contribution < -0.4 is 26.8 Å². The summed E-state index contributed by atoms with van der Waals surface area (Å²) in [5.74, 6) is -2.32. The number of rotatable bonds is 4. The second kappa shape index (κ2) is 9.30. The van der Waals surface area contributed by atoms with Crippen molar-refractivity contribution in [1.29, 1.82) is 0 Å². The highest BCUT2D eigenvalue weighted by atomic mass is 16.2. The lowest BCUT2D eigenvalue weighted by atomic mass is 10.1. The molecule has 0 saturated carbocycles. The molecule has 0 aliphatic carbocycles. The largest absolute Gasteiger partial charge is 0.340 e. The summed E-state index contributed by atoms with van der Waals surface area (Å²) in [5, 5.41) is 10.3. The van der Waals surface area contributed by atoms with Crippen LogP contribution in [0.3, 0.4) is 0 Å². The zero-order chi connectivity index (χ0) is 26.3. The number of nitrogens with one attached hydrogen (secondary N) is 4. The fourth-order valence-electron chi connectivity index (χ4n) is 4.57. The molecule has 2 aliphatic heterocycles. The van der Waals surface area contributed by atoms with Crippen molar-refractivity contribution in [3.05, 3.63) is 64.2 Å². The summed E-state index contributed by atoms with van der Waals surface area (Å²) in [6, 6.07) is 9.17. The molecular formula is C25H22N6O6. The lowest BCUT2D eigenvalue weighted by molar-refractivity contribution is -0.135. The molecule has 2 aromatic carbocycles. The molecule has 5 amide bonds. The molecule has 2 aliphatic rings. The zero-order valence-corrected chi connectivity index (χ0v) is 19.7. The molecule has 37 heavy (non-hydrogen) atoms. The number of amides is 5. The molecule has 0 bridgehead atoms. The lowest BCUT2D eigenvalue weighted by Gasteiger charge is -2.24. The maximum absolute atomic E-state index is 13.3. The molecule has 1 saturated heterocycles. The van der Waals surface area contributed by atoms with Crippen LogP contribution in [0, 0.1) is 6.92 Å². The minimum Gasteiger partial charge on any atom is -0.340 e. The third-order valence-electron chi connectivity index (χ3n) is 6.34. The molecule has 188 valence electrons. The van der Waals surface area contributed by atoms with Gasteiger partial charge in [0.15, 0.2) is 0 Å². The van der Waals surface area contributed by atoms with Crippen LogP contribution in [0.2, 0.25) is 0 Å². The van der Waals surface area contributed by atoms with Gasteiger partial charge in [0.05, 0.1) is 28.7 Å². The quantitative estimate of drug-likeness (QED) is 0.382. The van der Waals surface area contributed by atoms with Crippen molar-refractivity contribution in [3.8, 4) is 0 Å². The average Bonchev–Trinajstić information content (AvgIpc) is 2.96. The SMILES string of the molecule is Cc1nc2c(NC(=O)C[C@@H]3NC(=O)c4ccccc4NC3=O)cccc2c(=O)n1C1CCC(=O)NC1=O. The number of carbonyl (C=O) groups excluding carboxylic acids is 5. The Morgan fingerprint density at radius 1 is 1.03 bits per heavy atom. The maximum Gasteiger partial charge on any atom is 0.262 e. The molecule has 1 fully saturated rings. The van der Waals surface area contributed by atoms with Crippen molar-refractivity contribution in [3.63, 3.8) is 0 Å². The minimum absolute atomic E-state index is 0.104. The van der Waals surface area contributed by atoms with E-state index in [1.165, 1.54) is 10.6 Å². The summed E-state index contributed by atoms with van der Waals surface area (Å²) in [5.41, 5.74) is 0.611. The van der Waals surface area contributed by atoms with Crippen molar-refractivity contribution >= 4 is 51.8 Å². The highest BCUT2D eigenvalue weighted by molar-refractivity contribution is 6.11. The molecule has 1 unspecified atom stereocenters. The molecule has 3 heterocycles. The first-order valence-electron chi connectivity index (χ1n) is 11.6. The molecule has 5 rings (SSSR count). The Balaban J connectivity index is 1.39. The van der Waals surface area contributed by atoms with E-state index in [0.717, 1.165) is 0 Å². The number of hydrogen-bond donors (Lipinski definition) is 4. The highest BCUT2D eigenvalue weighted by Crippen LogP contribution is 2.24. The fourth-order valence-corrected chi connectivity index (χ4v) is 4.57. The first-order chi connectivity index (χ1) is 17.7. The van der Waals surface area contributed by atoms with Crippen LogP contribution in [0.5, 0.6) is 0 Å². The van der Waals surface area contributed by atoms with Gasteiger partial charge in [0.1, 0.15) is 23.4 Å². The van der Waals surface area contributed by atoms with Crippen LogP contribution in [0.1, 0.15) is 41.5 Å². The van der Waals surface area contributed by atoms with Gasteiger partial charge in [-0.1, -0.05) is 18.2 Å². The number of nitrogens with zero attached hydrogens (tertiary/aromatic N) is 2. The number of fused-ring (bicyclic) bond motifs is 2. The van der Waals surface area contributed by atoms with Crippen LogP contribution in [0.25, 0.3) is 10.9 Å². The molecule has 0 radical (unpaired) electrons. The van der Waals surface area contributed by atoms with E-state index >= 15 is 0 Å². The first-order valence-corrected chi connectivity index (χ1v) is 11.6. The molecule has 12 heteroatoms. The van der Waals surface area contributed by atoms with Crippen LogP contribution in [0.15, 0.2) is 47.3 Å². The van der Waals surface area contributed by atoms with Crippen LogP contribution in [-0.2, 0) is 19.2 Å². The summed E-state index contributed by atoms with van der Waals surface area (Å²) >= 11 is 0. The Morgan fingerprint density at radius 3 is 2.59 bits per heavy atom. The van der Waals surface area contributed by atoms with E-state index in [9.17, 15) is 28.8 Å².